The monoisotopic (exact) mass is 499 g/mol. The number of amides is 1. The number of anilines is 1. The maximum Gasteiger partial charge on any atom is 0.573 e. The standard InChI is InChI=1S/C27H28F3N3O3/c1-19-5-6-22(16-25(19)35-18-21-3-2-4-24(15-21)36-27(28,29)30)26(34)32-17-20-9-13-33(14-10-20)23-7-11-31-12-8-23/h2-8,11-12,15-16,20H,9-10,13-14,17-18H2,1H3,(H,32,34). The summed E-state index contributed by atoms with van der Waals surface area (Å²) < 4.78 is 47.2. The minimum Gasteiger partial charge on any atom is -0.489 e. The average molecular weight is 500 g/mol. The van der Waals surface area contributed by atoms with Crippen molar-refractivity contribution in [2.75, 3.05) is 24.5 Å². The van der Waals surface area contributed by atoms with E-state index in [1.165, 1.54) is 23.9 Å². The second-order valence-electron chi connectivity index (χ2n) is 8.81. The fraction of sp³-hybridized carbons (Fsp3) is 0.333. The van der Waals surface area contributed by atoms with Crippen LogP contribution in [0.5, 0.6) is 11.5 Å². The molecule has 0 atom stereocenters. The quantitative estimate of drug-likeness (QED) is 0.443. The van der Waals surface area contributed by atoms with Crippen molar-refractivity contribution in [1.29, 1.82) is 0 Å². The Bertz CT molecular complexity index is 1160. The van der Waals surface area contributed by atoms with Gasteiger partial charge in [-0.2, -0.15) is 0 Å². The molecule has 3 aromatic rings. The molecule has 0 saturated carbocycles. The van der Waals surface area contributed by atoms with Crippen molar-refractivity contribution in [3.05, 3.63) is 83.7 Å². The number of hydrogen-bond acceptors (Lipinski definition) is 5. The van der Waals surface area contributed by atoms with Gasteiger partial charge in [0, 0.05) is 43.3 Å². The summed E-state index contributed by atoms with van der Waals surface area (Å²) in [6, 6.07) is 14.8. The van der Waals surface area contributed by atoms with Crippen molar-refractivity contribution in [1.82, 2.24) is 10.3 Å². The van der Waals surface area contributed by atoms with Crippen LogP contribution in [0.1, 0.15) is 34.3 Å². The minimum absolute atomic E-state index is 0.0387. The normalized spacial score (nSPS) is 14.4. The molecule has 2 aromatic carbocycles. The van der Waals surface area contributed by atoms with E-state index in [4.69, 9.17) is 4.74 Å². The number of carbonyl (C=O) groups excluding carboxylic acids is 1. The number of aromatic nitrogens is 1. The third-order valence-corrected chi connectivity index (χ3v) is 6.17. The van der Waals surface area contributed by atoms with Crippen LogP contribution in [0.2, 0.25) is 0 Å². The van der Waals surface area contributed by atoms with Gasteiger partial charge in [-0.05, 0) is 73.2 Å². The third kappa shape index (κ3) is 7.13. The highest BCUT2D eigenvalue weighted by molar-refractivity contribution is 5.94. The molecule has 4 rings (SSSR count). The summed E-state index contributed by atoms with van der Waals surface area (Å²) in [5.74, 6) is 0.409. The fourth-order valence-electron chi connectivity index (χ4n) is 4.18. The lowest BCUT2D eigenvalue weighted by atomic mass is 9.96. The summed E-state index contributed by atoms with van der Waals surface area (Å²) in [7, 11) is 0. The first kappa shape index (κ1) is 25.3. The first-order valence-electron chi connectivity index (χ1n) is 11.8. The molecule has 1 fully saturated rings. The predicted molar refractivity (Wildman–Crippen MR) is 130 cm³/mol. The van der Waals surface area contributed by atoms with Gasteiger partial charge in [0.2, 0.25) is 0 Å². The molecular formula is C27H28F3N3O3. The minimum atomic E-state index is -4.76. The number of rotatable bonds is 8. The van der Waals surface area contributed by atoms with Crippen LogP contribution in [0.4, 0.5) is 18.9 Å². The average Bonchev–Trinajstić information content (AvgIpc) is 2.87. The molecule has 1 aliphatic rings. The van der Waals surface area contributed by atoms with Crippen LogP contribution in [-0.2, 0) is 6.61 Å². The Balaban J connectivity index is 1.29. The van der Waals surface area contributed by atoms with E-state index >= 15 is 0 Å². The highest BCUT2D eigenvalue weighted by Crippen LogP contribution is 2.26. The molecule has 0 spiro atoms. The van der Waals surface area contributed by atoms with Gasteiger partial charge in [-0.25, -0.2) is 0 Å². The van der Waals surface area contributed by atoms with E-state index in [1.807, 2.05) is 19.1 Å². The number of carbonyl (C=O) groups is 1. The molecule has 9 heteroatoms. The molecule has 1 amide bonds. The number of benzene rings is 2. The number of hydrogen-bond donors (Lipinski definition) is 1. The van der Waals surface area contributed by atoms with Crippen LogP contribution in [-0.4, -0.2) is 36.9 Å². The van der Waals surface area contributed by atoms with E-state index in [2.05, 4.69) is 19.9 Å². The van der Waals surface area contributed by atoms with Gasteiger partial charge >= 0.3 is 6.36 Å². The van der Waals surface area contributed by atoms with Crippen LogP contribution >= 0.6 is 0 Å². The molecule has 1 N–H and O–H groups in total. The largest absolute Gasteiger partial charge is 0.573 e. The number of aryl methyl sites for hydroxylation is 1. The van der Waals surface area contributed by atoms with Gasteiger partial charge in [0.05, 0.1) is 0 Å². The van der Waals surface area contributed by atoms with Crippen LogP contribution < -0.4 is 19.7 Å². The van der Waals surface area contributed by atoms with Gasteiger partial charge in [0.15, 0.2) is 0 Å². The molecular weight excluding hydrogens is 471 g/mol. The smallest absolute Gasteiger partial charge is 0.489 e. The van der Waals surface area contributed by atoms with E-state index < -0.39 is 6.36 Å². The summed E-state index contributed by atoms with van der Waals surface area (Å²) in [5, 5.41) is 3.03. The van der Waals surface area contributed by atoms with Gasteiger partial charge in [0.1, 0.15) is 18.1 Å². The van der Waals surface area contributed by atoms with Crippen molar-refractivity contribution in [3.8, 4) is 11.5 Å². The zero-order valence-electron chi connectivity index (χ0n) is 19.9. The molecule has 1 aliphatic heterocycles. The molecule has 0 bridgehead atoms. The molecule has 0 unspecified atom stereocenters. The van der Waals surface area contributed by atoms with Gasteiger partial charge in [0.25, 0.3) is 5.91 Å². The molecule has 36 heavy (non-hydrogen) atoms. The number of alkyl halides is 3. The Kier molecular flexibility index (Phi) is 7.97. The molecule has 0 aliphatic carbocycles. The van der Waals surface area contributed by atoms with E-state index in [9.17, 15) is 18.0 Å². The number of nitrogens with one attached hydrogen (secondary N) is 1. The lowest BCUT2D eigenvalue weighted by Gasteiger charge is -2.33. The SMILES string of the molecule is Cc1ccc(C(=O)NCC2CCN(c3ccncc3)CC2)cc1OCc1cccc(OC(F)(F)F)c1. The second-order valence-corrected chi connectivity index (χ2v) is 8.81. The summed E-state index contributed by atoms with van der Waals surface area (Å²) in [6.07, 6.45) is 0.805. The van der Waals surface area contributed by atoms with E-state index in [-0.39, 0.29) is 18.3 Å². The van der Waals surface area contributed by atoms with E-state index in [1.54, 1.807) is 36.7 Å². The van der Waals surface area contributed by atoms with E-state index in [0.29, 0.717) is 29.3 Å². The van der Waals surface area contributed by atoms with E-state index in [0.717, 1.165) is 31.5 Å². The molecule has 0 radical (unpaired) electrons. The summed E-state index contributed by atoms with van der Waals surface area (Å²) >= 11 is 0. The Labute approximate surface area is 208 Å². The molecule has 6 nitrogen and oxygen atoms in total. The lowest BCUT2D eigenvalue weighted by molar-refractivity contribution is -0.274. The van der Waals surface area contributed by atoms with Crippen LogP contribution in [0.15, 0.2) is 67.0 Å². The number of pyridine rings is 1. The molecule has 2 heterocycles. The van der Waals surface area contributed by atoms with Crippen LogP contribution in [0.25, 0.3) is 0 Å². The highest BCUT2D eigenvalue weighted by Gasteiger charge is 2.31. The Morgan fingerprint density at radius 1 is 1.08 bits per heavy atom. The van der Waals surface area contributed by atoms with Crippen molar-refractivity contribution >= 4 is 11.6 Å². The Morgan fingerprint density at radius 2 is 1.83 bits per heavy atom. The highest BCUT2D eigenvalue weighted by atomic mass is 19.4. The van der Waals surface area contributed by atoms with Crippen molar-refractivity contribution < 1.29 is 27.4 Å². The zero-order valence-corrected chi connectivity index (χ0v) is 19.9. The maximum atomic E-state index is 12.8. The van der Waals surface area contributed by atoms with Crippen molar-refractivity contribution in [2.24, 2.45) is 5.92 Å². The number of nitrogens with zero attached hydrogens (tertiary/aromatic N) is 2. The first-order chi connectivity index (χ1) is 17.3. The summed E-state index contributed by atoms with van der Waals surface area (Å²) in [5.41, 5.74) is 2.97. The maximum absolute atomic E-state index is 12.8. The summed E-state index contributed by atoms with van der Waals surface area (Å²) in [6.45, 7) is 4.34. The lowest BCUT2D eigenvalue weighted by Crippen LogP contribution is -2.38. The second kappa shape index (κ2) is 11.3. The molecule has 1 aromatic heterocycles. The zero-order chi connectivity index (χ0) is 25.5. The number of ether oxygens (including phenoxy) is 2. The van der Waals surface area contributed by atoms with Gasteiger partial charge in [-0.1, -0.05) is 18.2 Å². The van der Waals surface area contributed by atoms with Crippen molar-refractivity contribution in [2.45, 2.75) is 32.7 Å². The fourth-order valence-corrected chi connectivity index (χ4v) is 4.18. The van der Waals surface area contributed by atoms with Crippen LogP contribution in [0.3, 0.4) is 0 Å². The van der Waals surface area contributed by atoms with Gasteiger partial charge in [-0.3, -0.25) is 9.78 Å². The first-order valence-corrected chi connectivity index (χ1v) is 11.8. The summed E-state index contributed by atoms with van der Waals surface area (Å²) in [4.78, 5) is 19.2. The Hall–Kier alpha value is -3.75. The topological polar surface area (TPSA) is 63.7 Å². The van der Waals surface area contributed by atoms with Crippen LogP contribution in [0, 0.1) is 12.8 Å². The molecule has 190 valence electrons. The number of piperidine rings is 1. The van der Waals surface area contributed by atoms with Gasteiger partial charge in [-0.15, -0.1) is 13.2 Å². The predicted octanol–water partition coefficient (Wildman–Crippen LogP) is 5.51. The van der Waals surface area contributed by atoms with Crippen molar-refractivity contribution in [3.63, 3.8) is 0 Å². The number of halogens is 3. The third-order valence-electron chi connectivity index (χ3n) is 6.17. The van der Waals surface area contributed by atoms with Gasteiger partial charge < -0.3 is 19.7 Å². The molecule has 1 saturated heterocycles. The Morgan fingerprint density at radius 3 is 2.56 bits per heavy atom.